The Hall–Kier alpha value is -4.04. The van der Waals surface area contributed by atoms with Crippen molar-refractivity contribution >= 4 is 23.2 Å². The highest BCUT2D eigenvalue weighted by molar-refractivity contribution is 6.24. The number of rotatable bonds is 7. The number of fused-ring (bicyclic) bond motifs is 1. The zero-order valence-electron chi connectivity index (χ0n) is 20.6. The number of ether oxygens (including phenoxy) is 3. The number of carbonyl (C=O) groups is 2. The predicted molar refractivity (Wildman–Crippen MR) is 134 cm³/mol. The van der Waals surface area contributed by atoms with Gasteiger partial charge in [-0.3, -0.25) is 14.4 Å². The second kappa shape index (κ2) is 9.54. The Labute approximate surface area is 209 Å². The number of nitrogens with zero attached hydrogens (tertiary/aromatic N) is 2. The largest absolute Gasteiger partial charge is 0.493 e. The number of hydrogen-bond acceptors (Lipinski definition) is 7. The first-order valence-electron chi connectivity index (χ1n) is 11.8. The molecule has 5 rings (SSSR count). The van der Waals surface area contributed by atoms with E-state index in [0.717, 1.165) is 12.0 Å². The molecule has 0 aliphatic carbocycles. The summed E-state index contributed by atoms with van der Waals surface area (Å²) >= 11 is 0. The fraction of sp³-hybridized carbons (Fsp3) is 0.286. The van der Waals surface area contributed by atoms with Crippen molar-refractivity contribution in [2.24, 2.45) is 5.92 Å². The van der Waals surface area contributed by atoms with Crippen molar-refractivity contribution < 1.29 is 28.6 Å². The van der Waals surface area contributed by atoms with Crippen LogP contribution in [0.1, 0.15) is 24.1 Å². The Kier molecular flexibility index (Phi) is 6.28. The van der Waals surface area contributed by atoms with Crippen molar-refractivity contribution in [1.29, 1.82) is 0 Å². The van der Waals surface area contributed by atoms with Gasteiger partial charge in [-0.1, -0.05) is 37.3 Å². The van der Waals surface area contributed by atoms with Crippen LogP contribution >= 0.6 is 0 Å². The van der Waals surface area contributed by atoms with E-state index < -0.39 is 24.0 Å². The summed E-state index contributed by atoms with van der Waals surface area (Å²) in [5.41, 5.74) is 3.02. The number of anilines is 2. The molecule has 0 radical (unpaired) electrons. The van der Waals surface area contributed by atoms with Gasteiger partial charge in [0.25, 0.3) is 5.91 Å². The molecule has 2 fully saturated rings. The third-order valence-electron chi connectivity index (χ3n) is 6.78. The molecule has 2 amide bonds. The van der Waals surface area contributed by atoms with Crippen LogP contribution in [0.3, 0.4) is 0 Å². The summed E-state index contributed by atoms with van der Waals surface area (Å²) < 4.78 is 16.8. The smallest absolute Gasteiger partial charge is 0.266 e. The normalized spacial score (nSPS) is 21.1. The highest BCUT2D eigenvalue weighted by Crippen LogP contribution is 2.52. The summed E-state index contributed by atoms with van der Waals surface area (Å²) in [5.74, 6) is -0.204. The Morgan fingerprint density at radius 3 is 2.08 bits per heavy atom. The van der Waals surface area contributed by atoms with Gasteiger partial charge in [0.05, 0.1) is 32.7 Å². The predicted octanol–water partition coefficient (Wildman–Crippen LogP) is 4.33. The molecule has 3 aromatic rings. The summed E-state index contributed by atoms with van der Waals surface area (Å²) in [6, 6.07) is 19.8. The second-order valence-corrected chi connectivity index (χ2v) is 8.61. The van der Waals surface area contributed by atoms with Crippen LogP contribution < -0.4 is 24.2 Å². The zero-order valence-corrected chi connectivity index (χ0v) is 20.6. The van der Waals surface area contributed by atoms with Crippen molar-refractivity contribution in [3.05, 3.63) is 77.9 Å². The fourth-order valence-corrected chi connectivity index (χ4v) is 5.02. The van der Waals surface area contributed by atoms with E-state index in [9.17, 15) is 9.59 Å². The third kappa shape index (κ3) is 3.65. The molecule has 0 spiro atoms. The lowest BCUT2D eigenvalue weighted by atomic mass is 9.89. The second-order valence-electron chi connectivity index (χ2n) is 8.61. The van der Waals surface area contributed by atoms with E-state index in [-0.39, 0.29) is 5.91 Å². The van der Waals surface area contributed by atoms with Crippen LogP contribution in [-0.2, 0) is 20.8 Å². The first-order valence-corrected chi connectivity index (χ1v) is 11.8. The Balaban J connectivity index is 1.63. The molecule has 2 heterocycles. The molecule has 8 nitrogen and oxygen atoms in total. The molecule has 3 atom stereocenters. The van der Waals surface area contributed by atoms with E-state index in [2.05, 4.69) is 6.92 Å². The average molecular weight is 489 g/mol. The van der Waals surface area contributed by atoms with Crippen LogP contribution in [0.2, 0.25) is 0 Å². The fourth-order valence-electron chi connectivity index (χ4n) is 5.02. The molecular formula is C28H28N2O6. The SMILES string of the molecule is CCc1ccc(N2C(=O)[C@H]3[C@@H](ON(c4ccccc4)[C@H]3c3ccc(OC)c(OC)c3OC)C2=O)cc1. The van der Waals surface area contributed by atoms with Crippen LogP contribution in [0.15, 0.2) is 66.7 Å². The molecule has 186 valence electrons. The molecule has 0 aromatic heterocycles. The van der Waals surface area contributed by atoms with Gasteiger partial charge >= 0.3 is 0 Å². The number of hydrogen-bond donors (Lipinski definition) is 0. The van der Waals surface area contributed by atoms with Crippen molar-refractivity contribution in [2.45, 2.75) is 25.5 Å². The summed E-state index contributed by atoms with van der Waals surface area (Å²) in [6.45, 7) is 2.05. The summed E-state index contributed by atoms with van der Waals surface area (Å²) in [4.78, 5) is 34.9. The Morgan fingerprint density at radius 1 is 0.778 bits per heavy atom. The summed E-state index contributed by atoms with van der Waals surface area (Å²) in [6.07, 6.45) is -0.115. The molecule has 0 unspecified atom stereocenters. The van der Waals surface area contributed by atoms with Gasteiger partial charge in [-0.05, 0) is 48.4 Å². The molecule has 8 heteroatoms. The summed E-state index contributed by atoms with van der Waals surface area (Å²) in [5, 5.41) is 1.63. The Bertz CT molecular complexity index is 1280. The highest BCUT2D eigenvalue weighted by Gasteiger charge is 2.61. The van der Waals surface area contributed by atoms with Crippen LogP contribution in [0.4, 0.5) is 11.4 Å². The van der Waals surface area contributed by atoms with Crippen molar-refractivity contribution in [3.8, 4) is 17.2 Å². The highest BCUT2D eigenvalue weighted by atomic mass is 16.7. The van der Waals surface area contributed by atoms with E-state index in [0.29, 0.717) is 34.2 Å². The molecule has 0 N–H and O–H groups in total. The van der Waals surface area contributed by atoms with Crippen molar-refractivity contribution in [1.82, 2.24) is 0 Å². The van der Waals surface area contributed by atoms with Gasteiger partial charge < -0.3 is 14.2 Å². The van der Waals surface area contributed by atoms with E-state index in [1.165, 1.54) is 19.1 Å². The van der Waals surface area contributed by atoms with Gasteiger partial charge in [-0.25, -0.2) is 9.96 Å². The van der Waals surface area contributed by atoms with Crippen LogP contribution in [0, 0.1) is 5.92 Å². The molecule has 2 aliphatic rings. The quantitative estimate of drug-likeness (QED) is 0.458. The van der Waals surface area contributed by atoms with E-state index in [1.54, 1.807) is 30.4 Å². The van der Waals surface area contributed by atoms with Crippen LogP contribution in [0.5, 0.6) is 17.2 Å². The number of benzene rings is 3. The molecule has 2 saturated heterocycles. The van der Waals surface area contributed by atoms with E-state index >= 15 is 0 Å². The number of hydroxylamine groups is 1. The lowest BCUT2D eigenvalue weighted by molar-refractivity contribution is -0.126. The van der Waals surface area contributed by atoms with Gasteiger partial charge in [-0.2, -0.15) is 0 Å². The standard InChI is InChI=1S/C28H28N2O6/c1-5-17-11-13-18(14-12-17)29-27(31)22-23(20-15-16-21(33-2)25(35-4)24(20)34-3)30(36-26(22)28(29)32)19-9-7-6-8-10-19/h6-16,22-23,26H,5H2,1-4H3/t22-,23+,26-/m1/s1. The molecular weight excluding hydrogens is 460 g/mol. The Morgan fingerprint density at radius 2 is 1.47 bits per heavy atom. The number of methoxy groups -OCH3 is 3. The van der Waals surface area contributed by atoms with E-state index in [1.807, 2.05) is 48.5 Å². The number of para-hydroxylation sites is 1. The first-order chi connectivity index (χ1) is 17.5. The van der Waals surface area contributed by atoms with Gasteiger partial charge in [-0.15, -0.1) is 0 Å². The maximum absolute atomic E-state index is 13.9. The first kappa shape index (κ1) is 23.7. The van der Waals surface area contributed by atoms with E-state index in [4.69, 9.17) is 19.0 Å². The summed E-state index contributed by atoms with van der Waals surface area (Å²) in [7, 11) is 4.60. The van der Waals surface area contributed by atoms with Crippen molar-refractivity contribution in [2.75, 3.05) is 31.3 Å². The van der Waals surface area contributed by atoms with Gasteiger partial charge in [0.15, 0.2) is 17.6 Å². The maximum Gasteiger partial charge on any atom is 0.266 e. The third-order valence-corrected chi connectivity index (χ3v) is 6.78. The lowest BCUT2D eigenvalue weighted by Gasteiger charge is -2.30. The average Bonchev–Trinajstić information content (AvgIpc) is 3.43. The minimum atomic E-state index is -0.980. The van der Waals surface area contributed by atoms with Crippen LogP contribution in [-0.4, -0.2) is 39.2 Å². The molecule has 0 bridgehead atoms. The minimum Gasteiger partial charge on any atom is -0.493 e. The number of imide groups is 1. The van der Waals surface area contributed by atoms with Crippen LogP contribution in [0.25, 0.3) is 0 Å². The number of aryl methyl sites for hydroxylation is 1. The minimum absolute atomic E-state index is 0.325. The zero-order chi connectivity index (χ0) is 25.4. The monoisotopic (exact) mass is 488 g/mol. The van der Waals surface area contributed by atoms with Gasteiger partial charge in [0.1, 0.15) is 12.0 Å². The molecule has 36 heavy (non-hydrogen) atoms. The van der Waals surface area contributed by atoms with Gasteiger partial charge in [0, 0.05) is 5.56 Å². The number of amides is 2. The number of carbonyl (C=O) groups excluding carboxylic acids is 2. The topological polar surface area (TPSA) is 77.5 Å². The molecule has 0 saturated carbocycles. The van der Waals surface area contributed by atoms with Gasteiger partial charge in [0.2, 0.25) is 11.7 Å². The molecule has 2 aliphatic heterocycles. The van der Waals surface area contributed by atoms with Crippen molar-refractivity contribution in [3.63, 3.8) is 0 Å². The lowest BCUT2D eigenvalue weighted by Crippen LogP contribution is -2.37. The maximum atomic E-state index is 13.9. The molecule has 3 aromatic carbocycles.